The Kier molecular flexibility index (Phi) is 4.50. The summed E-state index contributed by atoms with van der Waals surface area (Å²) >= 11 is 0. The lowest BCUT2D eigenvalue weighted by Gasteiger charge is -2.20. The third kappa shape index (κ3) is 3.30. The maximum atomic E-state index is 4.61. The Morgan fingerprint density at radius 1 is 1.42 bits per heavy atom. The lowest BCUT2D eigenvalue weighted by Crippen LogP contribution is -2.25. The van der Waals surface area contributed by atoms with E-state index in [2.05, 4.69) is 54.7 Å². The number of nitrogens with one attached hydrogen (secondary N) is 1. The van der Waals surface area contributed by atoms with Gasteiger partial charge < -0.3 is 10.2 Å². The molecule has 1 atom stereocenters. The first kappa shape index (κ1) is 14.4. The fourth-order valence-electron chi connectivity index (χ4n) is 2.91. The second-order valence-electron chi connectivity index (χ2n) is 6.38. The molecule has 1 fully saturated rings. The van der Waals surface area contributed by atoms with Crippen LogP contribution in [0.4, 0.5) is 5.82 Å². The summed E-state index contributed by atoms with van der Waals surface area (Å²) in [5, 5.41) is 8.16. The average Bonchev–Trinajstić information content (AvgIpc) is 2.83. The lowest BCUT2D eigenvalue weighted by molar-refractivity contribution is 0.551. The van der Waals surface area contributed by atoms with E-state index in [1.807, 2.05) is 0 Å². The second kappa shape index (κ2) is 5.95. The highest BCUT2D eigenvalue weighted by atomic mass is 15.4. The van der Waals surface area contributed by atoms with Gasteiger partial charge in [0.15, 0.2) is 0 Å². The quantitative estimate of drug-likeness (QED) is 0.886. The molecule has 1 aliphatic rings. The molecule has 2 rings (SSSR count). The topological polar surface area (TPSA) is 33.1 Å². The van der Waals surface area contributed by atoms with Crippen molar-refractivity contribution in [1.82, 2.24) is 15.1 Å². The number of hydrogen-bond acceptors (Lipinski definition) is 3. The molecule has 4 nitrogen and oxygen atoms in total. The molecule has 1 N–H and O–H groups in total. The van der Waals surface area contributed by atoms with E-state index in [0.29, 0.717) is 5.92 Å². The van der Waals surface area contributed by atoms with Crippen LogP contribution in [0, 0.1) is 18.8 Å². The van der Waals surface area contributed by atoms with Gasteiger partial charge in [0.1, 0.15) is 5.82 Å². The minimum atomic E-state index is 0.687. The van der Waals surface area contributed by atoms with E-state index in [1.54, 1.807) is 0 Å². The molecular weight excluding hydrogens is 236 g/mol. The van der Waals surface area contributed by atoms with Crippen molar-refractivity contribution in [3.63, 3.8) is 0 Å². The molecule has 0 saturated carbocycles. The first-order chi connectivity index (χ1) is 8.99. The molecule has 1 saturated heterocycles. The van der Waals surface area contributed by atoms with Gasteiger partial charge in [-0.1, -0.05) is 20.8 Å². The normalized spacial score (nSPS) is 19.7. The van der Waals surface area contributed by atoms with E-state index in [0.717, 1.165) is 37.8 Å². The first-order valence-corrected chi connectivity index (χ1v) is 7.47. The van der Waals surface area contributed by atoms with E-state index in [-0.39, 0.29) is 0 Å². The maximum absolute atomic E-state index is 4.61. The van der Waals surface area contributed by atoms with Gasteiger partial charge in [-0.3, -0.25) is 4.68 Å². The summed E-state index contributed by atoms with van der Waals surface area (Å²) in [6, 6.07) is 0. The van der Waals surface area contributed by atoms with Crippen LogP contribution >= 0.6 is 0 Å². The number of anilines is 1. The van der Waals surface area contributed by atoms with Crippen molar-refractivity contribution >= 4 is 5.82 Å². The van der Waals surface area contributed by atoms with E-state index in [4.69, 9.17) is 0 Å². The summed E-state index contributed by atoms with van der Waals surface area (Å²) < 4.78 is 2.06. The van der Waals surface area contributed by atoms with E-state index >= 15 is 0 Å². The Labute approximate surface area is 117 Å². The molecule has 0 radical (unpaired) electrons. The van der Waals surface area contributed by atoms with Gasteiger partial charge in [-0.25, -0.2) is 0 Å². The number of hydrogen-bond donors (Lipinski definition) is 1. The molecule has 1 unspecified atom stereocenters. The summed E-state index contributed by atoms with van der Waals surface area (Å²) in [5.41, 5.74) is 2.53. The summed E-state index contributed by atoms with van der Waals surface area (Å²) in [7, 11) is 2.07. The standard InChI is InChI=1S/C15H28N4/c1-11(2)8-16-9-14-13(4)17-18(5)15(14)19-7-6-12(3)10-19/h11-12,16H,6-10H2,1-5H3. The number of aromatic nitrogens is 2. The van der Waals surface area contributed by atoms with Crippen molar-refractivity contribution in [3.05, 3.63) is 11.3 Å². The highest BCUT2D eigenvalue weighted by molar-refractivity contribution is 5.51. The van der Waals surface area contributed by atoms with Gasteiger partial charge in [0.2, 0.25) is 0 Å². The van der Waals surface area contributed by atoms with Crippen molar-refractivity contribution in [2.24, 2.45) is 18.9 Å². The maximum Gasteiger partial charge on any atom is 0.131 e. The molecule has 19 heavy (non-hydrogen) atoms. The average molecular weight is 264 g/mol. The van der Waals surface area contributed by atoms with Crippen molar-refractivity contribution < 1.29 is 0 Å². The van der Waals surface area contributed by atoms with Crippen LogP contribution in [-0.4, -0.2) is 29.4 Å². The van der Waals surface area contributed by atoms with Crippen LogP contribution in [0.5, 0.6) is 0 Å². The van der Waals surface area contributed by atoms with Crippen LogP contribution in [0.1, 0.15) is 38.4 Å². The Morgan fingerprint density at radius 3 is 2.74 bits per heavy atom. The predicted molar refractivity (Wildman–Crippen MR) is 80.5 cm³/mol. The van der Waals surface area contributed by atoms with Gasteiger partial charge in [0.05, 0.1) is 5.69 Å². The Morgan fingerprint density at radius 2 is 2.16 bits per heavy atom. The highest BCUT2D eigenvalue weighted by Gasteiger charge is 2.25. The van der Waals surface area contributed by atoms with E-state index in [1.165, 1.54) is 17.8 Å². The van der Waals surface area contributed by atoms with Crippen LogP contribution in [0.3, 0.4) is 0 Å². The Balaban J connectivity index is 2.13. The fourth-order valence-corrected chi connectivity index (χ4v) is 2.91. The fraction of sp³-hybridized carbons (Fsp3) is 0.800. The second-order valence-corrected chi connectivity index (χ2v) is 6.38. The van der Waals surface area contributed by atoms with Crippen molar-refractivity contribution in [3.8, 4) is 0 Å². The summed E-state index contributed by atoms with van der Waals surface area (Å²) in [5.74, 6) is 2.80. The van der Waals surface area contributed by atoms with Gasteiger partial charge in [-0.05, 0) is 31.7 Å². The summed E-state index contributed by atoms with van der Waals surface area (Å²) in [6.07, 6.45) is 1.29. The third-order valence-corrected chi connectivity index (χ3v) is 3.89. The van der Waals surface area contributed by atoms with Gasteiger partial charge in [0.25, 0.3) is 0 Å². The van der Waals surface area contributed by atoms with Crippen molar-refractivity contribution in [1.29, 1.82) is 0 Å². The molecule has 1 aromatic rings. The molecule has 0 bridgehead atoms. The molecule has 0 spiro atoms. The zero-order chi connectivity index (χ0) is 14.0. The summed E-state index contributed by atoms with van der Waals surface area (Å²) in [4.78, 5) is 2.50. The molecule has 1 aliphatic heterocycles. The Hall–Kier alpha value is -1.03. The molecule has 0 amide bonds. The zero-order valence-electron chi connectivity index (χ0n) is 13.0. The molecule has 0 aromatic carbocycles. The number of aryl methyl sites for hydroxylation is 2. The molecule has 108 valence electrons. The third-order valence-electron chi connectivity index (χ3n) is 3.89. The van der Waals surface area contributed by atoms with Gasteiger partial charge in [-0.15, -0.1) is 0 Å². The Bertz CT molecular complexity index is 422. The van der Waals surface area contributed by atoms with E-state index in [9.17, 15) is 0 Å². The molecule has 0 aliphatic carbocycles. The summed E-state index contributed by atoms with van der Waals surface area (Å²) in [6.45, 7) is 13.3. The van der Waals surface area contributed by atoms with Crippen molar-refractivity contribution in [2.75, 3.05) is 24.5 Å². The molecule has 2 heterocycles. The first-order valence-electron chi connectivity index (χ1n) is 7.47. The van der Waals surface area contributed by atoms with Crippen LogP contribution in [-0.2, 0) is 13.6 Å². The zero-order valence-corrected chi connectivity index (χ0v) is 13.0. The van der Waals surface area contributed by atoms with Crippen LogP contribution in [0.2, 0.25) is 0 Å². The minimum Gasteiger partial charge on any atom is -0.356 e. The van der Waals surface area contributed by atoms with Gasteiger partial charge in [0, 0.05) is 32.2 Å². The van der Waals surface area contributed by atoms with Gasteiger partial charge >= 0.3 is 0 Å². The smallest absolute Gasteiger partial charge is 0.131 e. The monoisotopic (exact) mass is 264 g/mol. The molecule has 1 aromatic heterocycles. The lowest BCUT2D eigenvalue weighted by atomic mass is 10.2. The number of rotatable bonds is 5. The predicted octanol–water partition coefficient (Wildman–Crippen LogP) is 2.32. The molecule has 4 heteroatoms. The minimum absolute atomic E-state index is 0.687. The van der Waals surface area contributed by atoms with Crippen molar-refractivity contribution in [2.45, 2.75) is 40.7 Å². The number of nitrogens with zero attached hydrogens (tertiary/aromatic N) is 3. The van der Waals surface area contributed by atoms with E-state index < -0.39 is 0 Å². The highest BCUT2D eigenvalue weighted by Crippen LogP contribution is 2.28. The SMILES string of the molecule is Cc1nn(C)c(N2CCC(C)C2)c1CNCC(C)C. The molecular formula is C15H28N4. The van der Waals surface area contributed by atoms with Gasteiger partial charge in [-0.2, -0.15) is 5.10 Å². The van der Waals surface area contributed by atoms with Crippen LogP contribution in [0.25, 0.3) is 0 Å². The largest absolute Gasteiger partial charge is 0.356 e. The van der Waals surface area contributed by atoms with Crippen LogP contribution in [0.15, 0.2) is 0 Å². The van der Waals surface area contributed by atoms with Crippen LogP contribution < -0.4 is 10.2 Å².